The second-order valence-corrected chi connectivity index (χ2v) is 6.53. The van der Waals surface area contributed by atoms with Gasteiger partial charge in [-0.25, -0.2) is 9.97 Å². The summed E-state index contributed by atoms with van der Waals surface area (Å²) < 4.78 is 5.64. The van der Waals surface area contributed by atoms with Gasteiger partial charge in [0, 0.05) is 12.7 Å². The number of carbonyl (C=O) groups is 1. The van der Waals surface area contributed by atoms with Crippen LogP contribution < -0.4 is 5.32 Å². The minimum Gasteiger partial charge on any atom is -0.444 e. The van der Waals surface area contributed by atoms with Crippen LogP contribution in [0.4, 0.5) is 5.82 Å². The van der Waals surface area contributed by atoms with Gasteiger partial charge in [0.1, 0.15) is 11.6 Å². The van der Waals surface area contributed by atoms with Crippen LogP contribution >= 0.6 is 0 Å². The summed E-state index contributed by atoms with van der Waals surface area (Å²) in [5.41, 5.74) is 1.08. The van der Waals surface area contributed by atoms with Gasteiger partial charge in [-0.05, 0) is 51.8 Å². The number of aryl methyl sites for hydroxylation is 2. The van der Waals surface area contributed by atoms with Gasteiger partial charge in [-0.15, -0.1) is 0 Å². The first kappa shape index (κ1) is 16.6. The Morgan fingerprint density at radius 1 is 1.33 bits per heavy atom. The zero-order valence-electron chi connectivity index (χ0n) is 14.5. The van der Waals surface area contributed by atoms with E-state index >= 15 is 0 Å². The number of carbonyl (C=O) groups excluding carboxylic acids is 1. The average molecular weight is 328 g/mol. The van der Waals surface area contributed by atoms with Crippen molar-refractivity contribution in [2.24, 2.45) is 5.92 Å². The van der Waals surface area contributed by atoms with E-state index in [4.69, 9.17) is 4.42 Å². The molecule has 1 aliphatic rings. The van der Waals surface area contributed by atoms with Crippen molar-refractivity contribution in [2.45, 2.75) is 39.7 Å². The molecule has 1 aliphatic heterocycles. The first-order valence-electron chi connectivity index (χ1n) is 8.43. The fourth-order valence-corrected chi connectivity index (χ4v) is 3.06. The number of nitrogens with one attached hydrogen (secondary N) is 1. The van der Waals surface area contributed by atoms with Crippen molar-refractivity contribution >= 4 is 11.7 Å². The number of nitrogens with zero attached hydrogens (tertiary/aromatic N) is 3. The van der Waals surface area contributed by atoms with Gasteiger partial charge >= 0.3 is 0 Å². The standard InChI is InChI=1S/C18H24N4O2/c1-12-6-7-16(19-9-12)21-17(23)15-5-4-8-22(11-15)14(3)18-20-10-13(2)24-18/h6-7,9-10,14-15H,4-5,8,11H2,1-3H3,(H,19,21,23). The highest BCUT2D eigenvalue weighted by Gasteiger charge is 2.30. The summed E-state index contributed by atoms with van der Waals surface area (Å²) in [6.07, 6.45) is 5.38. The zero-order valence-corrected chi connectivity index (χ0v) is 14.5. The minimum absolute atomic E-state index is 0.0341. The molecular weight excluding hydrogens is 304 g/mol. The predicted molar refractivity (Wildman–Crippen MR) is 91.6 cm³/mol. The van der Waals surface area contributed by atoms with Gasteiger partial charge < -0.3 is 9.73 Å². The van der Waals surface area contributed by atoms with Crippen LogP contribution in [-0.2, 0) is 4.79 Å². The molecule has 3 heterocycles. The SMILES string of the molecule is Cc1ccc(NC(=O)C2CCCN(C(C)c3ncc(C)o3)C2)nc1. The van der Waals surface area contributed by atoms with E-state index in [1.807, 2.05) is 26.0 Å². The van der Waals surface area contributed by atoms with Gasteiger partial charge in [0.25, 0.3) is 0 Å². The van der Waals surface area contributed by atoms with Crippen molar-refractivity contribution in [1.29, 1.82) is 0 Å². The van der Waals surface area contributed by atoms with Gasteiger partial charge in [-0.3, -0.25) is 9.69 Å². The summed E-state index contributed by atoms with van der Waals surface area (Å²) >= 11 is 0. The fraction of sp³-hybridized carbons (Fsp3) is 0.500. The number of hydrogen-bond acceptors (Lipinski definition) is 5. The largest absolute Gasteiger partial charge is 0.444 e. The van der Waals surface area contributed by atoms with E-state index in [1.165, 1.54) is 0 Å². The molecule has 1 amide bonds. The summed E-state index contributed by atoms with van der Waals surface area (Å²) in [7, 11) is 0. The predicted octanol–water partition coefficient (Wildman–Crippen LogP) is 3.10. The molecule has 2 atom stereocenters. The average Bonchev–Trinajstić information content (AvgIpc) is 3.03. The lowest BCUT2D eigenvalue weighted by molar-refractivity contribution is -0.121. The van der Waals surface area contributed by atoms with Crippen molar-refractivity contribution in [2.75, 3.05) is 18.4 Å². The van der Waals surface area contributed by atoms with Crippen LogP contribution in [-0.4, -0.2) is 33.9 Å². The summed E-state index contributed by atoms with van der Waals surface area (Å²) in [5, 5.41) is 2.93. The first-order valence-corrected chi connectivity index (χ1v) is 8.43. The van der Waals surface area contributed by atoms with Gasteiger partial charge in [-0.1, -0.05) is 6.07 Å². The van der Waals surface area contributed by atoms with E-state index in [0.29, 0.717) is 18.3 Å². The zero-order chi connectivity index (χ0) is 17.1. The maximum atomic E-state index is 12.5. The van der Waals surface area contributed by atoms with E-state index in [-0.39, 0.29) is 17.9 Å². The number of aromatic nitrogens is 2. The first-order chi connectivity index (χ1) is 11.5. The van der Waals surface area contributed by atoms with Crippen LogP contribution in [0.5, 0.6) is 0 Å². The molecule has 0 saturated carbocycles. The van der Waals surface area contributed by atoms with Crippen molar-refractivity contribution in [3.8, 4) is 0 Å². The molecule has 0 radical (unpaired) electrons. The molecule has 6 nitrogen and oxygen atoms in total. The monoisotopic (exact) mass is 328 g/mol. The maximum absolute atomic E-state index is 12.5. The molecule has 0 aromatic carbocycles. The Morgan fingerprint density at radius 3 is 2.83 bits per heavy atom. The molecule has 2 aromatic rings. The third-order valence-electron chi connectivity index (χ3n) is 4.53. The maximum Gasteiger partial charge on any atom is 0.229 e. The number of hydrogen-bond donors (Lipinski definition) is 1. The molecule has 24 heavy (non-hydrogen) atoms. The van der Waals surface area contributed by atoms with E-state index < -0.39 is 0 Å². The number of likely N-dealkylation sites (tertiary alicyclic amines) is 1. The Bertz CT molecular complexity index is 695. The number of rotatable bonds is 4. The molecule has 2 unspecified atom stereocenters. The highest BCUT2D eigenvalue weighted by atomic mass is 16.4. The number of pyridine rings is 1. The molecule has 6 heteroatoms. The second kappa shape index (κ2) is 7.13. The molecule has 0 bridgehead atoms. The molecule has 1 N–H and O–H groups in total. The van der Waals surface area contributed by atoms with Crippen molar-refractivity contribution < 1.29 is 9.21 Å². The molecule has 1 fully saturated rings. The smallest absolute Gasteiger partial charge is 0.229 e. The van der Waals surface area contributed by atoms with Crippen molar-refractivity contribution in [1.82, 2.24) is 14.9 Å². The van der Waals surface area contributed by atoms with Crippen LogP contribution in [0.1, 0.15) is 43.0 Å². The lowest BCUT2D eigenvalue weighted by Gasteiger charge is -2.34. The van der Waals surface area contributed by atoms with E-state index in [2.05, 4.69) is 27.1 Å². The highest BCUT2D eigenvalue weighted by Crippen LogP contribution is 2.27. The van der Waals surface area contributed by atoms with Crippen molar-refractivity contribution in [3.63, 3.8) is 0 Å². The minimum atomic E-state index is -0.0413. The van der Waals surface area contributed by atoms with E-state index in [9.17, 15) is 4.79 Å². The molecule has 1 saturated heterocycles. The Balaban J connectivity index is 1.62. The molecular formula is C18H24N4O2. The lowest BCUT2D eigenvalue weighted by Crippen LogP contribution is -2.42. The van der Waals surface area contributed by atoms with Crippen molar-refractivity contribution in [3.05, 3.63) is 41.7 Å². The number of piperidine rings is 1. The van der Waals surface area contributed by atoms with Crippen LogP contribution in [0.3, 0.4) is 0 Å². The Morgan fingerprint density at radius 2 is 2.17 bits per heavy atom. The van der Waals surface area contributed by atoms with E-state index in [1.54, 1.807) is 12.4 Å². The van der Waals surface area contributed by atoms with Crippen LogP contribution in [0, 0.1) is 19.8 Å². The quantitative estimate of drug-likeness (QED) is 0.934. The molecule has 128 valence electrons. The molecule has 0 spiro atoms. The van der Waals surface area contributed by atoms with E-state index in [0.717, 1.165) is 30.7 Å². The molecule has 3 rings (SSSR count). The number of amides is 1. The number of anilines is 1. The summed E-state index contributed by atoms with van der Waals surface area (Å²) in [6, 6.07) is 3.86. The Labute approximate surface area is 142 Å². The number of oxazole rings is 1. The highest BCUT2D eigenvalue weighted by molar-refractivity contribution is 5.91. The van der Waals surface area contributed by atoms with Crippen LogP contribution in [0.15, 0.2) is 28.9 Å². The Kier molecular flexibility index (Phi) is 4.94. The van der Waals surface area contributed by atoms with Gasteiger partial charge in [0.2, 0.25) is 11.8 Å². The molecule has 2 aromatic heterocycles. The summed E-state index contributed by atoms with van der Waals surface area (Å²) in [5.74, 6) is 2.13. The third-order valence-corrected chi connectivity index (χ3v) is 4.53. The fourth-order valence-electron chi connectivity index (χ4n) is 3.06. The van der Waals surface area contributed by atoms with Gasteiger partial charge in [0.05, 0.1) is 18.2 Å². The summed E-state index contributed by atoms with van der Waals surface area (Å²) in [6.45, 7) is 7.61. The lowest BCUT2D eigenvalue weighted by atomic mass is 9.96. The van der Waals surface area contributed by atoms with Crippen LogP contribution in [0.2, 0.25) is 0 Å². The van der Waals surface area contributed by atoms with Crippen LogP contribution in [0.25, 0.3) is 0 Å². The third kappa shape index (κ3) is 3.82. The topological polar surface area (TPSA) is 71.3 Å². The van der Waals surface area contributed by atoms with Gasteiger partial charge in [-0.2, -0.15) is 0 Å². The molecule has 0 aliphatic carbocycles. The Hall–Kier alpha value is -2.21. The second-order valence-electron chi connectivity index (χ2n) is 6.53. The normalized spacial score (nSPS) is 19.9. The summed E-state index contributed by atoms with van der Waals surface area (Å²) in [4.78, 5) is 23.4. The van der Waals surface area contributed by atoms with Gasteiger partial charge in [0.15, 0.2) is 0 Å².